The van der Waals surface area contributed by atoms with Crippen LogP contribution in [0.1, 0.15) is 12.5 Å². The molecule has 0 radical (unpaired) electrons. The predicted octanol–water partition coefficient (Wildman–Crippen LogP) is 2.29. The average molecular weight is 401 g/mol. The SMILES string of the molecule is CCOc1cccc(/C=C(\C#N)C(=O)Nc2ccc(S(N)(=O)=O)cc2)c1OC. The lowest BCUT2D eigenvalue weighted by Gasteiger charge is -2.12. The maximum absolute atomic E-state index is 12.4. The molecule has 2 aromatic carbocycles. The van der Waals surface area contributed by atoms with Gasteiger partial charge >= 0.3 is 0 Å². The van der Waals surface area contributed by atoms with Crippen LogP contribution in [0.5, 0.6) is 11.5 Å². The molecule has 0 spiro atoms. The highest BCUT2D eigenvalue weighted by molar-refractivity contribution is 7.89. The first-order valence-electron chi connectivity index (χ1n) is 8.16. The summed E-state index contributed by atoms with van der Waals surface area (Å²) >= 11 is 0. The number of ether oxygens (including phenoxy) is 2. The molecule has 0 heterocycles. The van der Waals surface area contributed by atoms with E-state index in [1.807, 2.05) is 13.0 Å². The minimum atomic E-state index is -3.83. The smallest absolute Gasteiger partial charge is 0.266 e. The van der Waals surface area contributed by atoms with E-state index in [-0.39, 0.29) is 10.5 Å². The van der Waals surface area contributed by atoms with Crippen molar-refractivity contribution in [3.63, 3.8) is 0 Å². The lowest BCUT2D eigenvalue weighted by atomic mass is 10.1. The number of anilines is 1. The van der Waals surface area contributed by atoms with Gasteiger partial charge in [-0.25, -0.2) is 13.6 Å². The van der Waals surface area contributed by atoms with Crippen LogP contribution in [-0.2, 0) is 14.8 Å². The lowest BCUT2D eigenvalue weighted by Crippen LogP contribution is -2.14. The van der Waals surface area contributed by atoms with Gasteiger partial charge in [-0.05, 0) is 43.3 Å². The van der Waals surface area contributed by atoms with Crippen molar-refractivity contribution in [2.24, 2.45) is 5.14 Å². The van der Waals surface area contributed by atoms with Crippen LogP contribution >= 0.6 is 0 Å². The number of para-hydroxylation sites is 1. The van der Waals surface area contributed by atoms with Crippen LogP contribution in [0.3, 0.4) is 0 Å². The number of carbonyl (C=O) groups excluding carboxylic acids is 1. The molecule has 0 aliphatic rings. The molecule has 0 saturated carbocycles. The second-order valence-corrected chi connectivity index (χ2v) is 7.07. The summed E-state index contributed by atoms with van der Waals surface area (Å²) in [6, 6.07) is 12.2. The minimum absolute atomic E-state index is 0.0842. The van der Waals surface area contributed by atoms with Gasteiger partial charge in [-0.1, -0.05) is 12.1 Å². The molecule has 0 aliphatic heterocycles. The number of nitrogens with two attached hydrogens (primary N) is 1. The number of carbonyl (C=O) groups is 1. The van der Waals surface area contributed by atoms with E-state index in [9.17, 15) is 18.5 Å². The maximum atomic E-state index is 12.4. The fourth-order valence-corrected chi connectivity index (χ4v) is 2.88. The Morgan fingerprint density at radius 3 is 2.46 bits per heavy atom. The highest BCUT2D eigenvalue weighted by Crippen LogP contribution is 2.32. The van der Waals surface area contributed by atoms with Crippen molar-refractivity contribution >= 4 is 27.7 Å². The number of rotatable bonds is 7. The van der Waals surface area contributed by atoms with Gasteiger partial charge in [0.15, 0.2) is 11.5 Å². The molecule has 0 saturated heterocycles. The van der Waals surface area contributed by atoms with Gasteiger partial charge in [0.2, 0.25) is 10.0 Å². The van der Waals surface area contributed by atoms with E-state index >= 15 is 0 Å². The number of nitrogens with one attached hydrogen (secondary N) is 1. The zero-order valence-corrected chi connectivity index (χ0v) is 16.1. The molecule has 0 bridgehead atoms. The number of hydrogen-bond acceptors (Lipinski definition) is 6. The Morgan fingerprint density at radius 2 is 1.93 bits per heavy atom. The molecule has 2 rings (SSSR count). The molecule has 0 aromatic heterocycles. The summed E-state index contributed by atoms with van der Waals surface area (Å²) in [6.45, 7) is 2.26. The van der Waals surface area contributed by atoms with E-state index in [1.54, 1.807) is 18.2 Å². The highest BCUT2D eigenvalue weighted by atomic mass is 32.2. The summed E-state index contributed by atoms with van der Waals surface area (Å²) in [5, 5.41) is 16.9. The predicted molar refractivity (Wildman–Crippen MR) is 104 cm³/mol. The largest absolute Gasteiger partial charge is 0.492 e. The molecule has 0 unspecified atom stereocenters. The normalized spacial score (nSPS) is 11.4. The van der Waals surface area contributed by atoms with Gasteiger partial charge in [0.05, 0.1) is 18.6 Å². The Hall–Kier alpha value is -3.35. The maximum Gasteiger partial charge on any atom is 0.266 e. The van der Waals surface area contributed by atoms with Gasteiger partial charge in [-0.15, -0.1) is 0 Å². The molecule has 2 aromatic rings. The van der Waals surface area contributed by atoms with Gasteiger partial charge < -0.3 is 14.8 Å². The Balaban J connectivity index is 2.29. The van der Waals surface area contributed by atoms with Crippen molar-refractivity contribution in [1.82, 2.24) is 0 Å². The summed E-state index contributed by atoms with van der Waals surface area (Å²) in [5.74, 6) is 0.243. The number of methoxy groups -OCH3 is 1. The first-order valence-corrected chi connectivity index (χ1v) is 9.70. The standard InChI is InChI=1S/C19H19N3O5S/c1-3-27-17-6-4-5-13(18(17)26-2)11-14(12-20)19(23)22-15-7-9-16(10-8-15)28(21,24)25/h4-11H,3H2,1-2H3,(H,22,23)(H2,21,24,25)/b14-11+. The summed E-state index contributed by atoms with van der Waals surface area (Å²) in [4.78, 5) is 12.3. The number of sulfonamides is 1. The average Bonchev–Trinajstić information content (AvgIpc) is 2.66. The van der Waals surface area contributed by atoms with Crippen molar-refractivity contribution in [3.05, 3.63) is 53.6 Å². The summed E-state index contributed by atoms with van der Waals surface area (Å²) < 4.78 is 33.4. The topological polar surface area (TPSA) is 132 Å². The van der Waals surface area contributed by atoms with Crippen LogP contribution in [0, 0.1) is 11.3 Å². The molecule has 3 N–H and O–H groups in total. The number of nitriles is 1. The number of primary sulfonamides is 1. The summed E-state index contributed by atoms with van der Waals surface area (Å²) in [6.07, 6.45) is 1.38. The van der Waals surface area contributed by atoms with E-state index in [2.05, 4.69) is 5.32 Å². The molecule has 8 nitrogen and oxygen atoms in total. The molecular weight excluding hydrogens is 382 g/mol. The Kier molecular flexibility index (Phi) is 6.76. The third-order valence-corrected chi connectivity index (χ3v) is 4.55. The Bertz CT molecular complexity index is 1040. The van der Waals surface area contributed by atoms with Gasteiger partial charge in [0, 0.05) is 11.3 Å². The summed E-state index contributed by atoms with van der Waals surface area (Å²) in [5.41, 5.74) is 0.653. The molecule has 1 amide bonds. The molecule has 28 heavy (non-hydrogen) atoms. The van der Waals surface area contributed by atoms with Crippen molar-refractivity contribution in [3.8, 4) is 17.6 Å². The second-order valence-electron chi connectivity index (χ2n) is 5.50. The first kappa shape index (κ1) is 21.0. The van der Waals surface area contributed by atoms with E-state index in [0.717, 1.165) is 0 Å². The van der Waals surface area contributed by atoms with Crippen LogP contribution in [0.4, 0.5) is 5.69 Å². The molecule has 146 valence electrons. The molecule has 0 aliphatic carbocycles. The fourth-order valence-electron chi connectivity index (χ4n) is 2.36. The van der Waals surface area contributed by atoms with Crippen LogP contribution in [0.25, 0.3) is 6.08 Å². The monoisotopic (exact) mass is 401 g/mol. The third kappa shape index (κ3) is 5.09. The lowest BCUT2D eigenvalue weighted by molar-refractivity contribution is -0.112. The van der Waals surface area contributed by atoms with Gasteiger partial charge in [0.25, 0.3) is 5.91 Å². The zero-order chi connectivity index (χ0) is 20.7. The number of nitrogens with zero attached hydrogens (tertiary/aromatic N) is 1. The minimum Gasteiger partial charge on any atom is -0.492 e. The molecular formula is C19H19N3O5S. The van der Waals surface area contributed by atoms with E-state index < -0.39 is 15.9 Å². The molecule has 0 fully saturated rings. The van der Waals surface area contributed by atoms with Crippen molar-refractivity contribution < 1.29 is 22.7 Å². The van der Waals surface area contributed by atoms with E-state index in [4.69, 9.17) is 14.6 Å². The number of amides is 1. The van der Waals surface area contributed by atoms with Crippen LogP contribution in [0.2, 0.25) is 0 Å². The third-order valence-electron chi connectivity index (χ3n) is 3.62. The number of hydrogen-bond donors (Lipinski definition) is 2. The Labute approximate surface area is 163 Å². The first-order chi connectivity index (χ1) is 13.3. The summed E-state index contributed by atoms with van der Waals surface area (Å²) in [7, 11) is -2.36. The second kappa shape index (κ2) is 9.03. The number of benzene rings is 2. The zero-order valence-electron chi connectivity index (χ0n) is 15.3. The van der Waals surface area contributed by atoms with Gasteiger partial charge in [0.1, 0.15) is 11.6 Å². The van der Waals surface area contributed by atoms with Gasteiger partial charge in [-0.3, -0.25) is 4.79 Å². The van der Waals surface area contributed by atoms with Crippen molar-refractivity contribution in [2.75, 3.05) is 19.0 Å². The fraction of sp³-hybridized carbons (Fsp3) is 0.158. The van der Waals surface area contributed by atoms with Crippen molar-refractivity contribution in [2.45, 2.75) is 11.8 Å². The van der Waals surface area contributed by atoms with E-state index in [1.165, 1.54) is 37.5 Å². The van der Waals surface area contributed by atoms with E-state index in [0.29, 0.717) is 29.4 Å². The van der Waals surface area contributed by atoms with Crippen LogP contribution < -0.4 is 19.9 Å². The van der Waals surface area contributed by atoms with Crippen LogP contribution in [0.15, 0.2) is 52.9 Å². The highest BCUT2D eigenvalue weighted by Gasteiger charge is 2.14. The Morgan fingerprint density at radius 1 is 1.25 bits per heavy atom. The molecule has 9 heteroatoms. The van der Waals surface area contributed by atoms with Gasteiger partial charge in [-0.2, -0.15) is 5.26 Å². The van der Waals surface area contributed by atoms with Crippen LogP contribution in [-0.4, -0.2) is 28.0 Å². The van der Waals surface area contributed by atoms with Crippen molar-refractivity contribution in [1.29, 1.82) is 5.26 Å². The quantitative estimate of drug-likeness (QED) is 0.540. The molecule has 0 atom stereocenters.